The predicted octanol–water partition coefficient (Wildman–Crippen LogP) is 23.1. The molecule has 0 heterocycles. The van der Waals surface area contributed by atoms with Crippen molar-refractivity contribution >= 4 is 17.9 Å². The molecule has 9 heteroatoms. The highest BCUT2D eigenvalue weighted by Crippen LogP contribution is 2.18. The lowest BCUT2D eigenvalue weighted by Gasteiger charge is -2.25. The van der Waals surface area contributed by atoms with Gasteiger partial charge in [-0.1, -0.05) is 328 Å². The number of likely N-dealkylation sites (N-methyl/N-ethyl adjacent to an activating group) is 1. The number of unbranched alkanes of at least 4 members (excludes halogenated alkanes) is 32. The molecule has 0 spiro atoms. The van der Waals surface area contributed by atoms with Gasteiger partial charge in [0.15, 0.2) is 6.10 Å². The SMILES string of the molecule is CC/C=C\C/C=C\C/C=C\C/C=C\C/C=C\C/C=C\C/C=C\C/C=C\C/C=C\C/C=C\CCCCCCCCC(=O)OC(COC(=O)CCCCCCCCCCCCCCCCCCCCCCCCCCCCC)COC(OCC[N+](C)(C)C)C(=O)O. The van der Waals surface area contributed by atoms with E-state index in [2.05, 4.69) is 135 Å². The maximum atomic E-state index is 13.0. The van der Waals surface area contributed by atoms with Gasteiger partial charge in [0.05, 0.1) is 34.4 Å². The third-order valence-corrected chi connectivity index (χ3v) is 15.7. The molecule has 2 atom stereocenters. The van der Waals surface area contributed by atoms with Crippen molar-refractivity contribution in [3.05, 3.63) is 122 Å². The number of esters is 2. The Kier molecular flexibility index (Phi) is 66.2. The first-order valence-corrected chi connectivity index (χ1v) is 36.7. The van der Waals surface area contributed by atoms with Gasteiger partial charge < -0.3 is 28.5 Å². The summed E-state index contributed by atoms with van der Waals surface area (Å²) in [7, 11) is 5.97. The summed E-state index contributed by atoms with van der Waals surface area (Å²) < 4.78 is 23.0. The number of nitrogens with zero attached hydrogens (tertiary/aromatic N) is 1. The highest BCUT2D eigenvalue weighted by Gasteiger charge is 2.25. The minimum Gasteiger partial charge on any atom is -0.477 e. The molecule has 0 aliphatic heterocycles. The van der Waals surface area contributed by atoms with Crippen LogP contribution in [0.3, 0.4) is 0 Å². The second kappa shape index (κ2) is 69.6. The normalized spacial score (nSPS) is 13.4. The molecule has 0 aromatic rings. The molecule has 0 aromatic heterocycles. The molecule has 89 heavy (non-hydrogen) atoms. The van der Waals surface area contributed by atoms with Crippen molar-refractivity contribution in [3.63, 3.8) is 0 Å². The van der Waals surface area contributed by atoms with E-state index in [-0.39, 0.29) is 32.2 Å². The van der Waals surface area contributed by atoms with Crippen LogP contribution in [-0.2, 0) is 33.3 Å². The maximum absolute atomic E-state index is 13.0. The van der Waals surface area contributed by atoms with Crippen LogP contribution in [0.2, 0.25) is 0 Å². The largest absolute Gasteiger partial charge is 0.477 e. The zero-order valence-corrected chi connectivity index (χ0v) is 58.3. The van der Waals surface area contributed by atoms with Gasteiger partial charge in [-0.2, -0.15) is 0 Å². The van der Waals surface area contributed by atoms with Crippen LogP contribution in [0.4, 0.5) is 0 Å². The fraction of sp³-hybridized carbons (Fsp3) is 0.713. The summed E-state index contributed by atoms with van der Waals surface area (Å²) in [6.45, 7) is 4.78. The first-order valence-electron chi connectivity index (χ1n) is 36.7. The average Bonchev–Trinajstić information content (AvgIpc) is 3.70. The maximum Gasteiger partial charge on any atom is 0.361 e. The molecule has 0 aliphatic carbocycles. The van der Waals surface area contributed by atoms with Crippen LogP contribution < -0.4 is 0 Å². The second-order valence-corrected chi connectivity index (χ2v) is 25.5. The first-order chi connectivity index (χ1) is 43.6. The number of quaternary nitrogens is 1. The Bertz CT molecular complexity index is 1880. The van der Waals surface area contributed by atoms with Crippen LogP contribution in [0.15, 0.2) is 122 Å². The molecule has 1 N–H and O–H groups in total. The zero-order valence-electron chi connectivity index (χ0n) is 58.3. The van der Waals surface area contributed by atoms with Crippen LogP contribution in [0, 0.1) is 0 Å². The minimum atomic E-state index is -1.52. The van der Waals surface area contributed by atoms with Gasteiger partial charge >= 0.3 is 17.9 Å². The molecule has 0 bridgehead atoms. The van der Waals surface area contributed by atoms with Gasteiger partial charge in [0.1, 0.15) is 13.2 Å². The van der Waals surface area contributed by atoms with Crippen molar-refractivity contribution in [2.45, 2.75) is 322 Å². The number of carbonyl (C=O) groups excluding carboxylic acids is 2. The smallest absolute Gasteiger partial charge is 0.361 e. The van der Waals surface area contributed by atoms with Crippen LogP contribution in [-0.4, -0.2) is 87.4 Å². The van der Waals surface area contributed by atoms with E-state index in [0.29, 0.717) is 23.9 Å². The number of hydrogen-bond donors (Lipinski definition) is 1. The van der Waals surface area contributed by atoms with Crippen LogP contribution in [0.5, 0.6) is 0 Å². The highest BCUT2D eigenvalue weighted by atomic mass is 16.7. The van der Waals surface area contributed by atoms with E-state index in [4.69, 9.17) is 18.9 Å². The number of aliphatic carboxylic acids is 1. The summed E-state index contributed by atoms with van der Waals surface area (Å²) in [5, 5.41) is 9.75. The number of carboxylic acid groups (broad SMARTS) is 1. The third-order valence-electron chi connectivity index (χ3n) is 15.7. The summed E-state index contributed by atoms with van der Waals surface area (Å²) in [5.41, 5.74) is 0. The Hall–Kier alpha value is -4.31. The van der Waals surface area contributed by atoms with E-state index in [1.165, 1.54) is 154 Å². The van der Waals surface area contributed by atoms with Gasteiger partial charge in [-0.05, 0) is 89.9 Å². The average molecular weight is 1240 g/mol. The Morgan fingerprint density at radius 2 is 0.640 bits per heavy atom. The Labute approximate surface area is 548 Å². The molecule has 0 aromatic carbocycles. The molecule has 0 aliphatic rings. The molecule has 0 saturated heterocycles. The van der Waals surface area contributed by atoms with Gasteiger partial charge in [0, 0.05) is 12.8 Å². The Morgan fingerprint density at radius 1 is 0.348 bits per heavy atom. The van der Waals surface area contributed by atoms with Gasteiger partial charge in [-0.3, -0.25) is 9.59 Å². The highest BCUT2D eigenvalue weighted by molar-refractivity contribution is 5.71. The molecule has 0 amide bonds. The van der Waals surface area contributed by atoms with Crippen molar-refractivity contribution in [2.75, 3.05) is 47.5 Å². The fourth-order valence-electron chi connectivity index (χ4n) is 10.2. The van der Waals surface area contributed by atoms with Crippen molar-refractivity contribution in [1.29, 1.82) is 0 Å². The molecule has 0 saturated carbocycles. The van der Waals surface area contributed by atoms with Gasteiger partial charge in [0.2, 0.25) is 0 Å². The summed E-state index contributed by atoms with van der Waals surface area (Å²) in [4.78, 5) is 37.7. The monoisotopic (exact) mass is 1240 g/mol. The number of allylic oxidation sites excluding steroid dienone is 20. The van der Waals surface area contributed by atoms with E-state index < -0.39 is 24.3 Å². The fourth-order valence-corrected chi connectivity index (χ4v) is 10.2. The minimum absolute atomic E-state index is 0.180. The van der Waals surface area contributed by atoms with Gasteiger partial charge in [0.25, 0.3) is 6.29 Å². The third kappa shape index (κ3) is 71.0. The summed E-state index contributed by atoms with van der Waals surface area (Å²) in [6, 6.07) is 0. The van der Waals surface area contributed by atoms with E-state index >= 15 is 0 Å². The summed E-state index contributed by atoms with van der Waals surface area (Å²) in [6.07, 6.45) is 96.0. The van der Waals surface area contributed by atoms with Crippen LogP contribution in [0.25, 0.3) is 0 Å². The second-order valence-electron chi connectivity index (χ2n) is 25.5. The molecule has 510 valence electrons. The number of ether oxygens (including phenoxy) is 4. The molecule has 2 unspecified atom stereocenters. The zero-order chi connectivity index (χ0) is 64.7. The topological polar surface area (TPSA) is 108 Å². The molecule has 9 nitrogen and oxygen atoms in total. The quantitative estimate of drug-likeness (QED) is 0.0211. The number of hydrogen-bond acceptors (Lipinski definition) is 7. The molecule has 0 radical (unpaired) electrons. The summed E-state index contributed by atoms with van der Waals surface area (Å²) >= 11 is 0. The first kappa shape index (κ1) is 84.7. The van der Waals surface area contributed by atoms with E-state index in [0.717, 1.165) is 122 Å². The van der Waals surface area contributed by atoms with Crippen molar-refractivity contribution in [2.24, 2.45) is 0 Å². The van der Waals surface area contributed by atoms with Crippen molar-refractivity contribution in [3.8, 4) is 0 Å². The summed E-state index contributed by atoms with van der Waals surface area (Å²) in [5.74, 6) is -2.02. The van der Waals surface area contributed by atoms with Gasteiger partial charge in [-0.25, -0.2) is 4.79 Å². The van der Waals surface area contributed by atoms with Crippen molar-refractivity contribution in [1.82, 2.24) is 0 Å². The number of carbonyl (C=O) groups is 3. The predicted molar refractivity (Wildman–Crippen MR) is 382 cm³/mol. The molecule has 0 fully saturated rings. The number of rotatable bonds is 67. The Balaban J connectivity index is 4.17. The number of carboxylic acids is 1. The van der Waals surface area contributed by atoms with Gasteiger partial charge in [-0.15, -0.1) is 0 Å². The van der Waals surface area contributed by atoms with Crippen molar-refractivity contribution < 1.29 is 42.9 Å². The van der Waals surface area contributed by atoms with Crippen LogP contribution >= 0.6 is 0 Å². The Morgan fingerprint density at radius 3 is 0.955 bits per heavy atom. The van der Waals surface area contributed by atoms with E-state index in [1.54, 1.807) is 0 Å². The lowest BCUT2D eigenvalue weighted by Crippen LogP contribution is -2.40. The molecule has 0 rings (SSSR count). The standard InChI is InChI=1S/C80H137NO8/c1-6-8-10-12-14-16-18-20-22-24-26-28-30-32-34-35-36-37-38-39-40-41-42-43-45-47-49-51-53-55-57-59-61-63-65-67-69-71-78(83)89-76(75-88-80(79(84)85)86-73-72-81(3,4)5)74-87-77(82)70-68-66-64-62-60-58-56-54-52-50-48-46-44-33-31-29-27-25-23-21-19-17-15-13-11-9-7-2/h8,10,14,16,20,22,26,28,32,34,36-37,39-40,42-43,47,49,53,55,76,80H,6-7,9,11-13,15,17-19,21,23-25,27,29-31,33,35,38,41,44-46,48,50-52,54,56-75H2,1-5H3/p+1/b10-8-,16-14-,22-20-,28-26-,34-32-,37-36-,40-39-,43-42-,49-47-,55-53-. The molecular formula is C80H138NO8+. The molecular weight excluding hydrogens is 1100 g/mol. The lowest BCUT2D eigenvalue weighted by atomic mass is 10.0. The van der Waals surface area contributed by atoms with E-state index in [9.17, 15) is 19.5 Å². The van der Waals surface area contributed by atoms with Crippen LogP contribution in [0.1, 0.15) is 309 Å². The van der Waals surface area contributed by atoms with E-state index in [1.807, 2.05) is 21.1 Å². The lowest BCUT2D eigenvalue weighted by molar-refractivity contribution is -0.870.